The predicted molar refractivity (Wildman–Crippen MR) is 148 cm³/mol. The first-order chi connectivity index (χ1) is 17.7. The lowest BCUT2D eigenvalue weighted by Crippen LogP contribution is -2.01. The second-order valence-corrected chi connectivity index (χ2v) is 9.18. The van der Waals surface area contributed by atoms with Crippen LogP contribution in [0.15, 0.2) is 71.4 Å². The Morgan fingerprint density at radius 1 is 0.778 bits per heavy atom. The van der Waals surface area contributed by atoms with E-state index in [9.17, 15) is 4.79 Å². The van der Waals surface area contributed by atoms with E-state index in [1.807, 2.05) is 36.4 Å². The van der Waals surface area contributed by atoms with Gasteiger partial charge in [-0.1, -0.05) is 89.5 Å². The summed E-state index contributed by atoms with van der Waals surface area (Å²) >= 11 is 0. The van der Waals surface area contributed by atoms with E-state index in [1.54, 1.807) is 0 Å². The van der Waals surface area contributed by atoms with E-state index in [1.165, 1.54) is 69.4 Å². The number of carbonyl (C=O) groups excluding carboxylic acids is 1. The maximum Gasteiger partial charge on any atom is 0.330 e. The van der Waals surface area contributed by atoms with Gasteiger partial charge in [0.2, 0.25) is 0 Å². The lowest BCUT2D eigenvalue weighted by Gasteiger charge is -2.07. The fraction of sp³-hybridized carbons (Fsp3) is 0.516. The third kappa shape index (κ3) is 13.2. The number of carbonyl (C=O) groups is 1. The molecule has 2 aromatic rings. The topological polar surface area (TPSA) is 60.2 Å². The summed E-state index contributed by atoms with van der Waals surface area (Å²) in [5, 5.41) is 8.95. The summed E-state index contributed by atoms with van der Waals surface area (Å²) in [7, 11) is 0. The molecular weight excluding hydrogens is 448 g/mol. The maximum absolute atomic E-state index is 10.9. The van der Waals surface area contributed by atoms with Crippen molar-refractivity contribution >= 4 is 17.3 Å². The molecule has 0 aliphatic heterocycles. The molecule has 0 N–H and O–H groups in total. The molecule has 0 aliphatic carbocycles. The highest BCUT2D eigenvalue weighted by atomic mass is 16.5. The van der Waals surface area contributed by atoms with Gasteiger partial charge in [-0.05, 0) is 61.6 Å². The van der Waals surface area contributed by atoms with E-state index in [-0.39, 0.29) is 5.97 Å². The summed E-state index contributed by atoms with van der Waals surface area (Å²) in [4.78, 5) is 10.9. The lowest BCUT2D eigenvalue weighted by atomic mass is 10.0. The van der Waals surface area contributed by atoms with E-state index in [2.05, 4.69) is 35.9 Å². The fourth-order valence-corrected chi connectivity index (χ4v) is 3.97. The van der Waals surface area contributed by atoms with Crippen LogP contribution in [0, 0.1) is 0 Å². The number of hydrogen-bond acceptors (Lipinski definition) is 5. The normalized spacial score (nSPS) is 11.0. The molecule has 0 saturated carbocycles. The number of aryl methyl sites for hydroxylation is 1. The van der Waals surface area contributed by atoms with Gasteiger partial charge in [-0.15, -0.1) is 0 Å². The number of esters is 1. The van der Waals surface area contributed by atoms with Crippen LogP contribution in [0.4, 0.5) is 11.4 Å². The molecule has 0 bridgehead atoms. The van der Waals surface area contributed by atoms with Gasteiger partial charge >= 0.3 is 5.97 Å². The van der Waals surface area contributed by atoms with Crippen LogP contribution in [0.2, 0.25) is 0 Å². The molecule has 0 atom stereocenters. The Kier molecular flexibility index (Phi) is 15.7. The first-order valence-corrected chi connectivity index (χ1v) is 13.7. The molecule has 36 heavy (non-hydrogen) atoms. The van der Waals surface area contributed by atoms with Crippen molar-refractivity contribution in [1.82, 2.24) is 0 Å². The smallest absolute Gasteiger partial charge is 0.330 e. The zero-order chi connectivity index (χ0) is 25.7. The molecule has 0 fully saturated rings. The number of hydrogen-bond donors (Lipinski definition) is 0. The van der Waals surface area contributed by atoms with Crippen molar-refractivity contribution in [2.75, 3.05) is 13.2 Å². The number of benzene rings is 2. The number of unbranched alkanes of at least 4 members (excludes halogenated alkanes) is 10. The van der Waals surface area contributed by atoms with Gasteiger partial charge in [0.05, 0.1) is 24.6 Å². The number of nitrogens with zero attached hydrogens (tertiary/aromatic N) is 2. The Morgan fingerprint density at radius 3 is 2.11 bits per heavy atom. The average Bonchev–Trinajstić information content (AvgIpc) is 2.91. The van der Waals surface area contributed by atoms with Crippen LogP contribution in [-0.2, 0) is 16.0 Å². The minimum Gasteiger partial charge on any atom is -0.494 e. The summed E-state index contributed by atoms with van der Waals surface area (Å²) in [6.45, 7) is 6.86. The van der Waals surface area contributed by atoms with Gasteiger partial charge in [0, 0.05) is 6.08 Å². The van der Waals surface area contributed by atoms with Crippen LogP contribution in [0.5, 0.6) is 5.75 Å². The molecule has 0 spiro atoms. The van der Waals surface area contributed by atoms with E-state index in [0.717, 1.165) is 49.4 Å². The minimum absolute atomic E-state index is 0.330. The molecule has 0 saturated heterocycles. The quantitative estimate of drug-likeness (QED) is 0.0800. The average molecular weight is 493 g/mol. The first kappa shape index (κ1) is 29.3. The summed E-state index contributed by atoms with van der Waals surface area (Å²) in [6.07, 6.45) is 16.4. The second-order valence-electron chi connectivity index (χ2n) is 9.18. The molecular formula is C31H44N2O3. The van der Waals surface area contributed by atoms with Crippen LogP contribution >= 0.6 is 0 Å². The van der Waals surface area contributed by atoms with Gasteiger partial charge in [-0.3, -0.25) is 0 Å². The van der Waals surface area contributed by atoms with Gasteiger partial charge < -0.3 is 9.47 Å². The molecule has 5 nitrogen and oxygen atoms in total. The van der Waals surface area contributed by atoms with Gasteiger partial charge in [0.15, 0.2) is 0 Å². The molecule has 2 aromatic carbocycles. The summed E-state index contributed by atoms with van der Waals surface area (Å²) in [5.41, 5.74) is 3.06. The highest BCUT2D eigenvalue weighted by Gasteiger charge is 2.02. The minimum atomic E-state index is -0.330. The first-order valence-electron chi connectivity index (χ1n) is 13.7. The van der Waals surface area contributed by atoms with Crippen LogP contribution in [0.25, 0.3) is 0 Å². The molecule has 0 amide bonds. The third-order valence-electron chi connectivity index (χ3n) is 6.12. The summed E-state index contributed by atoms with van der Waals surface area (Å²) in [5.74, 6) is 0.547. The van der Waals surface area contributed by atoms with E-state index >= 15 is 0 Å². The molecule has 0 heterocycles. The van der Waals surface area contributed by atoms with Crippen molar-refractivity contribution in [3.8, 4) is 5.75 Å². The van der Waals surface area contributed by atoms with Gasteiger partial charge in [-0.25, -0.2) is 4.79 Å². The molecule has 0 aliphatic rings. The summed E-state index contributed by atoms with van der Waals surface area (Å²) < 4.78 is 10.9. The fourth-order valence-electron chi connectivity index (χ4n) is 3.97. The SMILES string of the molecule is C=CC(=O)OCCCCCCCCCCOc1ccc(N=Nc2ccccc2CCCCCC)cc1. The molecule has 2 rings (SSSR count). The predicted octanol–water partition coefficient (Wildman–Crippen LogP) is 9.45. The van der Waals surface area contributed by atoms with Crippen LogP contribution in [0.1, 0.15) is 89.5 Å². The lowest BCUT2D eigenvalue weighted by molar-refractivity contribution is -0.137. The molecule has 0 aromatic heterocycles. The molecule has 0 unspecified atom stereocenters. The van der Waals surface area contributed by atoms with Crippen molar-refractivity contribution in [1.29, 1.82) is 0 Å². The van der Waals surface area contributed by atoms with E-state index < -0.39 is 0 Å². The Balaban J connectivity index is 1.57. The number of rotatable bonds is 20. The summed E-state index contributed by atoms with van der Waals surface area (Å²) in [6, 6.07) is 16.2. The zero-order valence-corrected chi connectivity index (χ0v) is 22.1. The van der Waals surface area contributed by atoms with Gasteiger partial charge in [0.1, 0.15) is 5.75 Å². The van der Waals surface area contributed by atoms with Crippen LogP contribution in [-0.4, -0.2) is 19.2 Å². The highest BCUT2D eigenvalue weighted by Crippen LogP contribution is 2.25. The van der Waals surface area contributed by atoms with Crippen LogP contribution < -0.4 is 4.74 Å². The Bertz CT molecular complexity index is 893. The molecule has 196 valence electrons. The Morgan fingerprint density at radius 2 is 1.42 bits per heavy atom. The second kappa shape index (κ2) is 19.3. The van der Waals surface area contributed by atoms with Crippen molar-refractivity contribution in [3.63, 3.8) is 0 Å². The molecule has 0 radical (unpaired) electrons. The number of ether oxygens (including phenoxy) is 2. The largest absolute Gasteiger partial charge is 0.494 e. The Labute approximate surface area is 218 Å². The Hall–Kier alpha value is -2.95. The maximum atomic E-state index is 10.9. The third-order valence-corrected chi connectivity index (χ3v) is 6.12. The monoisotopic (exact) mass is 492 g/mol. The van der Waals surface area contributed by atoms with Gasteiger partial charge in [-0.2, -0.15) is 10.2 Å². The zero-order valence-electron chi connectivity index (χ0n) is 22.1. The van der Waals surface area contributed by atoms with Crippen molar-refractivity contribution in [2.24, 2.45) is 10.2 Å². The standard InChI is InChI=1S/C31H44N2O3/c1-3-5-6-13-18-27-19-14-15-20-30(27)33-32-28-21-23-29(24-22-28)35-25-16-11-9-7-8-10-12-17-26-36-31(34)4-2/h4,14-15,19-24H,2-3,5-13,16-18,25-26H2,1H3. The number of azo groups is 1. The highest BCUT2D eigenvalue weighted by molar-refractivity contribution is 5.81. The van der Waals surface area contributed by atoms with Crippen molar-refractivity contribution in [3.05, 3.63) is 66.7 Å². The van der Waals surface area contributed by atoms with Crippen molar-refractivity contribution < 1.29 is 14.3 Å². The van der Waals surface area contributed by atoms with Crippen LogP contribution in [0.3, 0.4) is 0 Å². The molecule has 5 heteroatoms. The van der Waals surface area contributed by atoms with E-state index in [0.29, 0.717) is 6.61 Å². The van der Waals surface area contributed by atoms with Gasteiger partial charge in [0.25, 0.3) is 0 Å². The van der Waals surface area contributed by atoms with Crippen molar-refractivity contribution in [2.45, 2.75) is 90.4 Å². The van der Waals surface area contributed by atoms with E-state index in [4.69, 9.17) is 9.47 Å².